The fourth-order valence-corrected chi connectivity index (χ4v) is 4.62. The second-order valence-corrected chi connectivity index (χ2v) is 7.17. The number of nitrogens with zero attached hydrogens (tertiary/aromatic N) is 1. The Kier molecular flexibility index (Phi) is 3.05. The molecular weight excluding hydrogens is 322 g/mol. The van der Waals surface area contributed by atoms with Crippen LogP contribution >= 0.6 is 0 Å². The molecule has 2 amide bonds. The summed E-state index contributed by atoms with van der Waals surface area (Å²) in [4.78, 5) is 27.7. The van der Waals surface area contributed by atoms with Crippen LogP contribution in [0.3, 0.4) is 0 Å². The Labute approximate surface area is 145 Å². The molecule has 0 N–H and O–H groups in total. The third kappa shape index (κ3) is 1.84. The molecule has 3 saturated heterocycles. The van der Waals surface area contributed by atoms with Gasteiger partial charge in [-0.2, -0.15) is 0 Å². The minimum Gasteiger partial charge on any atom is -0.357 e. The number of anilines is 1. The first kappa shape index (κ1) is 15.3. The molecule has 6 nitrogen and oxygen atoms in total. The molecule has 2 bridgehead atoms. The number of carbonyl (C=O) groups is 2. The van der Waals surface area contributed by atoms with E-state index in [1.165, 1.54) is 4.90 Å². The van der Waals surface area contributed by atoms with E-state index in [0.717, 1.165) is 11.1 Å². The number of rotatable bonds is 2. The van der Waals surface area contributed by atoms with E-state index in [-0.39, 0.29) is 11.8 Å². The third-order valence-corrected chi connectivity index (χ3v) is 5.66. The van der Waals surface area contributed by atoms with Gasteiger partial charge in [0.25, 0.3) is 0 Å². The number of benzene rings is 1. The van der Waals surface area contributed by atoms with Crippen molar-refractivity contribution >= 4 is 17.5 Å². The first-order valence-corrected chi connectivity index (χ1v) is 8.58. The minimum absolute atomic E-state index is 0.198. The maximum Gasteiger partial charge on any atom is 0.241 e. The zero-order valence-electron chi connectivity index (χ0n) is 14.1. The zero-order valence-corrected chi connectivity index (χ0v) is 14.1. The summed E-state index contributed by atoms with van der Waals surface area (Å²) in [6, 6.07) is 5.73. The predicted molar refractivity (Wildman–Crippen MR) is 87.8 cm³/mol. The quantitative estimate of drug-likeness (QED) is 0.602. The van der Waals surface area contributed by atoms with E-state index in [1.807, 2.05) is 44.2 Å². The standard InChI is InChI=1S/C19H19NO5/c1-10-3-4-12(11(2)9-10)20-16(21)14-13-5-6-19(25-13,15(14)17(20)22)18-23-7-8-24-18/h3-6,9,13-15,18H,7-8H2,1-2H3/t13-,14-,15+,19-/m1/s1. The fraction of sp³-hybridized carbons (Fsp3) is 0.474. The third-order valence-electron chi connectivity index (χ3n) is 5.66. The van der Waals surface area contributed by atoms with Gasteiger partial charge in [0.2, 0.25) is 11.8 Å². The number of ether oxygens (including phenoxy) is 3. The zero-order chi connectivity index (χ0) is 17.3. The SMILES string of the molecule is Cc1ccc(N2C(=O)[C@H]3[C@@H](C2=O)[C@@]2(C4OCCO4)C=C[C@H]3O2)c(C)c1. The van der Waals surface area contributed by atoms with E-state index >= 15 is 0 Å². The molecule has 4 heterocycles. The lowest BCUT2D eigenvalue weighted by Gasteiger charge is -2.32. The summed E-state index contributed by atoms with van der Waals surface area (Å²) in [7, 11) is 0. The largest absolute Gasteiger partial charge is 0.357 e. The summed E-state index contributed by atoms with van der Waals surface area (Å²) in [5, 5.41) is 0. The van der Waals surface area contributed by atoms with Gasteiger partial charge in [-0.15, -0.1) is 0 Å². The highest BCUT2D eigenvalue weighted by Crippen LogP contribution is 2.55. The van der Waals surface area contributed by atoms with Crippen molar-refractivity contribution in [2.45, 2.75) is 31.8 Å². The number of carbonyl (C=O) groups excluding carboxylic acids is 2. The topological polar surface area (TPSA) is 65.1 Å². The van der Waals surface area contributed by atoms with E-state index < -0.39 is 29.8 Å². The lowest BCUT2D eigenvalue weighted by molar-refractivity contribution is -0.180. The van der Waals surface area contributed by atoms with E-state index in [2.05, 4.69) is 0 Å². The number of aryl methyl sites for hydroxylation is 2. The van der Waals surface area contributed by atoms with Crippen molar-refractivity contribution in [3.8, 4) is 0 Å². The smallest absolute Gasteiger partial charge is 0.241 e. The molecule has 25 heavy (non-hydrogen) atoms. The molecule has 6 heteroatoms. The van der Waals surface area contributed by atoms with Crippen LogP contribution in [0.4, 0.5) is 5.69 Å². The van der Waals surface area contributed by atoms with Crippen LogP contribution in [-0.4, -0.2) is 43.0 Å². The molecule has 0 radical (unpaired) electrons. The van der Waals surface area contributed by atoms with Crippen molar-refractivity contribution < 1.29 is 23.8 Å². The van der Waals surface area contributed by atoms with Gasteiger partial charge in [0, 0.05) is 0 Å². The highest BCUT2D eigenvalue weighted by Gasteiger charge is 2.71. The van der Waals surface area contributed by atoms with Crippen molar-refractivity contribution in [2.24, 2.45) is 11.8 Å². The van der Waals surface area contributed by atoms with Crippen LogP contribution in [0.15, 0.2) is 30.4 Å². The van der Waals surface area contributed by atoms with Gasteiger partial charge < -0.3 is 14.2 Å². The van der Waals surface area contributed by atoms with Gasteiger partial charge in [-0.25, -0.2) is 4.90 Å². The summed E-state index contributed by atoms with van der Waals surface area (Å²) < 4.78 is 17.4. The first-order chi connectivity index (χ1) is 12.0. The van der Waals surface area contributed by atoms with Crippen LogP contribution in [0.5, 0.6) is 0 Å². The second-order valence-electron chi connectivity index (χ2n) is 7.17. The molecule has 0 aromatic heterocycles. The maximum absolute atomic E-state index is 13.3. The van der Waals surface area contributed by atoms with Gasteiger partial charge in [0.05, 0.1) is 36.8 Å². The fourth-order valence-electron chi connectivity index (χ4n) is 4.62. The van der Waals surface area contributed by atoms with Gasteiger partial charge in [0.1, 0.15) is 0 Å². The average molecular weight is 341 g/mol. The molecule has 5 rings (SSSR count). The number of fused-ring (bicyclic) bond motifs is 5. The predicted octanol–water partition coefficient (Wildman–Crippen LogP) is 1.49. The Bertz CT molecular complexity index is 812. The molecule has 4 aliphatic heterocycles. The highest BCUT2D eigenvalue weighted by molar-refractivity contribution is 6.23. The van der Waals surface area contributed by atoms with E-state index in [4.69, 9.17) is 14.2 Å². The molecule has 1 aromatic carbocycles. The van der Waals surface area contributed by atoms with Crippen LogP contribution in [0.1, 0.15) is 11.1 Å². The Morgan fingerprint density at radius 3 is 2.60 bits per heavy atom. The van der Waals surface area contributed by atoms with Gasteiger partial charge in [-0.1, -0.05) is 23.8 Å². The number of amides is 2. The Hall–Kier alpha value is -2.02. The normalized spacial score (nSPS) is 36.7. The molecule has 0 saturated carbocycles. The second kappa shape index (κ2) is 5.00. The molecule has 4 atom stereocenters. The van der Waals surface area contributed by atoms with Crippen LogP contribution in [0, 0.1) is 25.7 Å². The molecule has 3 fully saturated rings. The van der Waals surface area contributed by atoms with Crippen molar-refractivity contribution in [2.75, 3.05) is 18.1 Å². The molecule has 1 aromatic rings. The average Bonchev–Trinajstić information content (AvgIpc) is 3.33. The van der Waals surface area contributed by atoms with Crippen LogP contribution in [0.25, 0.3) is 0 Å². The van der Waals surface area contributed by atoms with Crippen molar-refractivity contribution in [1.29, 1.82) is 0 Å². The number of hydrogen-bond donors (Lipinski definition) is 0. The Morgan fingerprint density at radius 1 is 1.12 bits per heavy atom. The minimum atomic E-state index is -0.994. The van der Waals surface area contributed by atoms with Gasteiger partial charge in [-0.3, -0.25) is 9.59 Å². The highest BCUT2D eigenvalue weighted by atomic mass is 16.7. The first-order valence-electron chi connectivity index (χ1n) is 8.58. The molecule has 0 aliphatic carbocycles. The van der Waals surface area contributed by atoms with Crippen molar-refractivity contribution in [3.05, 3.63) is 41.5 Å². The van der Waals surface area contributed by atoms with Crippen LogP contribution < -0.4 is 4.90 Å². The lowest BCUT2D eigenvalue weighted by atomic mass is 9.76. The van der Waals surface area contributed by atoms with Crippen molar-refractivity contribution in [3.63, 3.8) is 0 Å². The Morgan fingerprint density at radius 2 is 1.88 bits per heavy atom. The maximum atomic E-state index is 13.3. The molecule has 0 spiro atoms. The molecular formula is C19H19NO5. The summed E-state index contributed by atoms with van der Waals surface area (Å²) >= 11 is 0. The number of imide groups is 1. The summed E-state index contributed by atoms with van der Waals surface area (Å²) in [6.45, 7) is 4.84. The van der Waals surface area contributed by atoms with E-state index in [1.54, 1.807) is 0 Å². The van der Waals surface area contributed by atoms with Crippen molar-refractivity contribution in [1.82, 2.24) is 0 Å². The molecule has 4 aliphatic rings. The molecule has 0 unspecified atom stereocenters. The summed E-state index contributed by atoms with van der Waals surface area (Å²) in [5.41, 5.74) is 1.66. The Balaban J connectivity index is 1.58. The number of hydrogen-bond acceptors (Lipinski definition) is 5. The van der Waals surface area contributed by atoms with Gasteiger partial charge in [0.15, 0.2) is 11.9 Å². The monoisotopic (exact) mass is 341 g/mol. The van der Waals surface area contributed by atoms with Gasteiger partial charge >= 0.3 is 0 Å². The van der Waals surface area contributed by atoms with Crippen LogP contribution in [-0.2, 0) is 23.8 Å². The summed E-state index contributed by atoms with van der Waals surface area (Å²) in [5.74, 6) is -1.53. The van der Waals surface area contributed by atoms with E-state index in [9.17, 15) is 9.59 Å². The van der Waals surface area contributed by atoms with Gasteiger partial charge in [-0.05, 0) is 31.6 Å². The van der Waals surface area contributed by atoms with E-state index in [0.29, 0.717) is 18.9 Å². The molecule has 130 valence electrons. The summed E-state index contributed by atoms with van der Waals surface area (Å²) in [6.07, 6.45) is 2.68. The van der Waals surface area contributed by atoms with Crippen LogP contribution in [0.2, 0.25) is 0 Å². The lowest BCUT2D eigenvalue weighted by Crippen LogP contribution is -2.49.